The molecule has 0 aliphatic heterocycles. The molecule has 0 N–H and O–H groups in total. The van der Waals surface area contributed by atoms with Crippen molar-refractivity contribution in [1.82, 2.24) is 20.2 Å². The lowest BCUT2D eigenvalue weighted by Gasteiger charge is -1.91. The van der Waals surface area contributed by atoms with Crippen molar-refractivity contribution in [2.45, 2.75) is 12.8 Å². The van der Waals surface area contributed by atoms with E-state index in [-0.39, 0.29) is 0 Å². The number of nitrogens with zero attached hydrogens (tertiary/aromatic N) is 4. The van der Waals surface area contributed by atoms with Crippen LogP contribution in [-0.2, 0) is 13.5 Å². The summed E-state index contributed by atoms with van der Waals surface area (Å²) in [7, 11) is 1.82. The molecule has 0 saturated heterocycles. The lowest BCUT2D eigenvalue weighted by molar-refractivity contribution is 0.674. The first kappa shape index (κ1) is 6.19. The minimum atomic E-state index is 0.841. The van der Waals surface area contributed by atoms with Crippen LogP contribution in [-0.4, -0.2) is 20.2 Å². The molecule has 0 saturated carbocycles. The highest BCUT2D eigenvalue weighted by Gasteiger charge is 1.97. The Morgan fingerprint density at radius 1 is 1.67 bits per heavy atom. The van der Waals surface area contributed by atoms with Crippen LogP contribution in [0.5, 0.6) is 0 Å². The molecule has 1 aromatic rings. The molecule has 0 spiro atoms. The van der Waals surface area contributed by atoms with Crippen LogP contribution in [0.15, 0.2) is 0 Å². The van der Waals surface area contributed by atoms with Crippen molar-refractivity contribution >= 4 is 0 Å². The molecule has 0 aliphatic rings. The average molecular weight is 125 g/mol. The van der Waals surface area contributed by atoms with Gasteiger partial charge >= 0.3 is 0 Å². The van der Waals surface area contributed by atoms with Crippen LogP contribution in [0.4, 0.5) is 0 Å². The van der Waals surface area contributed by atoms with E-state index < -0.39 is 0 Å². The fourth-order valence-electron chi connectivity index (χ4n) is 0.618. The SMILES string of the molecule is [CH2]CCc1nnnn1C. The maximum absolute atomic E-state index is 3.77. The van der Waals surface area contributed by atoms with Crippen LogP contribution in [0.3, 0.4) is 0 Å². The molecular formula is C5H9N4. The van der Waals surface area contributed by atoms with Crippen LogP contribution >= 0.6 is 0 Å². The summed E-state index contributed by atoms with van der Waals surface area (Å²) in [5.41, 5.74) is 0. The topological polar surface area (TPSA) is 43.6 Å². The van der Waals surface area contributed by atoms with Gasteiger partial charge in [0.05, 0.1) is 0 Å². The molecule has 4 heteroatoms. The van der Waals surface area contributed by atoms with Gasteiger partial charge in [0.15, 0.2) is 5.82 Å². The smallest absolute Gasteiger partial charge is 0.150 e. The summed E-state index contributed by atoms with van der Waals surface area (Å²) in [6.45, 7) is 3.69. The number of aromatic nitrogens is 4. The largest absolute Gasteiger partial charge is 0.233 e. The minimum absolute atomic E-state index is 0.841. The van der Waals surface area contributed by atoms with Gasteiger partial charge in [-0.1, -0.05) is 6.92 Å². The standard InChI is InChI=1S/C5H9N4/c1-3-4-5-6-7-8-9(5)2/h1,3-4H2,2H3. The van der Waals surface area contributed by atoms with Gasteiger partial charge in [0, 0.05) is 13.5 Å². The Morgan fingerprint density at radius 2 is 2.44 bits per heavy atom. The van der Waals surface area contributed by atoms with Crippen LogP contribution in [0.2, 0.25) is 0 Å². The Morgan fingerprint density at radius 3 is 2.89 bits per heavy atom. The first-order valence-electron chi connectivity index (χ1n) is 2.85. The van der Waals surface area contributed by atoms with Gasteiger partial charge in [-0.05, 0) is 16.8 Å². The van der Waals surface area contributed by atoms with E-state index in [0.29, 0.717) is 0 Å². The molecule has 1 radical (unpaired) electrons. The van der Waals surface area contributed by atoms with Crippen LogP contribution in [0.1, 0.15) is 12.2 Å². The van der Waals surface area contributed by atoms with E-state index in [9.17, 15) is 0 Å². The van der Waals surface area contributed by atoms with E-state index in [1.807, 2.05) is 7.05 Å². The number of hydrogen-bond donors (Lipinski definition) is 0. The van der Waals surface area contributed by atoms with Crippen molar-refractivity contribution in [2.75, 3.05) is 0 Å². The Bertz CT molecular complexity index is 181. The molecule has 0 aromatic carbocycles. The van der Waals surface area contributed by atoms with Gasteiger partial charge in [0.1, 0.15) is 0 Å². The summed E-state index contributed by atoms with van der Waals surface area (Å²) in [6.07, 6.45) is 1.69. The second-order valence-electron chi connectivity index (χ2n) is 1.82. The number of hydrogen-bond acceptors (Lipinski definition) is 3. The molecule has 49 valence electrons. The van der Waals surface area contributed by atoms with E-state index in [1.165, 1.54) is 0 Å². The third-order valence-electron chi connectivity index (χ3n) is 1.11. The second kappa shape index (κ2) is 2.57. The third-order valence-corrected chi connectivity index (χ3v) is 1.11. The predicted octanol–water partition coefficient (Wildman–Crippen LogP) is -0.0232. The Kier molecular flexibility index (Phi) is 1.77. The zero-order valence-electron chi connectivity index (χ0n) is 5.41. The zero-order chi connectivity index (χ0) is 6.69. The highest BCUT2D eigenvalue weighted by Crippen LogP contribution is 1.91. The number of aryl methyl sites for hydroxylation is 2. The molecule has 1 rings (SSSR count). The summed E-state index contributed by atoms with van der Waals surface area (Å²) in [4.78, 5) is 0. The predicted molar refractivity (Wildman–Crippen MR) is 32.5 cm³/mol. The molecule has 0 fully saturated rings. The summed E-state index contributed by atoms with van der Waals surface area (Å²) < 4.78 is 1.66. The van der Waals surface area contributed by atoms with E-state index in [4.69, 9.17) is 0 Å². The van der Waals surface area contributed by atoms with Gasteiger partial charge in [-0.2, -0.15) is 0 Å². The van der Waals surface area contributed by atoms with Gasteiger partial charge in [-0.25, -0.2) is 4.68 Å². The van der Waals surface area contributed by atoms with Crippen LogP contribution in [0.25, 0.3) is 0 Å². The van der Waals surface area contributed by atoms with Gasteiger partial charge < -0.3 is 0 Å². The maximum atomic E-state index is 3.77. The first-order valence-corrected chi connectivity index (χ1v) is 2.85. The van der Waals surface area contributed by atoms with Crippen molar-refractivity contribution in [2.24, 2.45) is 7.05 Å². The molecule has 0 bridgehead atoms. The molecule has 0 amide bonds. The number of tetrazole rings is 1. The van der Waals surface area contributed by atoms with Gasteiger partial charge in [0.2, 0.25) is 0 Å². The number of rotatable bonds is 2. The van der Waals surface area contributed by atoms with Gasteiger partial charge in [-0.3, -0.25) is 0 Å². The minimum Gasteiger partial charge on any atom is -0.233 e. The molecule has 4 nitrogen and oxygen atoms in total. The molecule has 1 aromatic heterocycles. The lowest BCUT2D eigenvalue weighted by Crippen LogP contribution is -1.98. The van der Waals surface area contributed by atoms with Crippen molar-refractivity contribution in [3.8, 4) is 0 Å². The van der Waals surface area contributed by atoms with Gasteiger partial charge in [-0.15, -0.1) is 5.10 Å². The van der Waals surface area contributed by atoms with Crippen LogP contribution in [0, 0.1) is 6.92 Å². The Hall–Kier alpha value is -0.930. The van der Waals surface area contributed by atoms with Gasteiger partial charge in [0.25, 0.3) is 0 Å². The normalized spacial score (nSPS) is 10.0. The highest BCUT2D eigenvalue weighted by molar-refractivity contribution is 4.78. The molecular weight excluding hydrogens is 116 g/mol. The monoisotopic (exact) mass is 125 g/mol. The summed E-state index contributed by atoms with van der Waals surface area (Å²) in [5, 5.41) is 10.9. The Balaban J connectivity index is 2.69. The van der Waals surface area contributed by atoms with Crippen molar-refractivity contribution in [1.29, 1.82) is 0 Å². The van der Waals surface area contributed by atoms with Crippen LogP contribution < -0.4 is 0 Å². The molecule has 1 heterocycles. The van der Waals surface area contributed by atoms with E-state index in [1.54, 1.807) is 4.68 Å². The summed E-state index contributed by atoms with van der Waals surface area (Å²) in [5.74, 6) is 0.894. The lowest BCUT2D eigenvalue weighted by atomic mass is 10.3. The third kappa shape index (κ3) is 1.25. The van der Waals surface area contributed by atoms with E-state index in [0.717, 1.165) is 18.7 Å². The Labute approximate surface area is 53.9 Å². The van der Waals surface area contributed by atoms with Crippen molar-refractivity contribution in [3.05, 3.63) is 12.7 Å². The molecule has 0 unspecified atom stereocenters. The van der Waals surface area contributed by atoms with E-state index in [2.05, 4.69) is 22.4 Å². The molecule has 0 aliphatic carbocycles. The van der Waals surface area contributed by atoms with Crippen molar-refractivity contribution < 1.29 is 0 Å². The second-order valence-corrected chi connectivity index (χ2v) is 1.82. The summed E-state index contributed by atoms with van der Waals surface area (Å²) in [6, 6.07) is 0. The maximum Gasteiger partial charge on any atom is 0.150 e. The fraction of sp³-hybridized carbons (Fsp3) is 0.600. The highest BCUT2D eigenvalue weighted by atomic mass is 15.5. The average Bonchev–Trinajstić information content (AvgIpc) is 2.18. The molecule has 9 heavy (non-hydrogen) atoms. The zero-order valence-corrected chi connectivity index (χ0v) is 5.41. The fourth-order valence-corrected chi connectivity index (χ4v) is 0.618. The van der Waals surface area contributed by atoms with E-state index >= 15 is 0 Å². The first-order chi connectivity index (χ1) is 4.34. The molecule has 0 atom stereocenters. The van der Waals surface area contributed by atoms with Crippen molar-refractivity contribution in [3.63, 3.8) is 0 Å². The summed E-state index contributed by atoms with van der Waals surface area (Å²) >= 11 is 0. The quantitative estimate of drug-likeness (QED) is 0.557.